The molecular formula is C19H42N4O. The summed E-state index contributed by atoms with van der Waals surface area (Å²) in [6.07, 6.45) is 3.84. The van der Waals surface area contributed by atoms with Crippen LogP contribution in [-0.2, 0) is 4.79 Å². The highest BCUT2D eigenvalue weighted by Gasteiger charge is 2.21. The molecule has 2 heterocycles. The van der Waals surface area contributed by atoms with Crippen LogP contribution in [0.25, 0.3) is 0 Å². The van der Waals surface area contributed by atoms with E-state index in [2.05, 4.69) is 27.1 Å². The minimum Gasteiger partial charge on any atom is -0.358 e. The molecule has 24 heavy (non-hydrogen) atoms. The van der Waals surface area contributed by atoms with E-state index in [0.29, 0.717) is 6.54 Å². The maximum Gasteiger partial charge on any atom is 0.233 e. The number of hydrogen-bond acceptors (Lipinski definition) is 4. The number of rotatable bonds is 5. The Balaban J connectivity index is 0.00000123. The van der Waals surface area contributed by atoms with Crippen molar-refractivity contribution in [1.82, 2.24) is 20.0 Å². The van der Waals surface area contributed by atoms with Gasteiger partial charge in [-0.2, -0.15) is 0 Å². The van der Waals surface area contributed by atoms with Crippen molar-refractivity contribution in [3.63, 3.8) is 0 Å². The van der Waals surface area contributed by atoms with Crippen molar-refractivity contribution in [3.05, 3.63) is 0 Å². The third kappa shape index (κ3) is 9.60. The second-order valence-corrected chi connectivity index (χ2v) is 6.33. The van der Waals surface area contributed by atoms with Gasteiger partial charge in [0.15, 0.2) is 0 Å². The number of nitrogens with one attached hydrogen (secondary N) is 1. The fourth-order valence-corrected chi connectivity index (χ4v) is 3.15. The Morgan fingerprint density at radius 2 is 1.46 bits per heavy atom. The molecule has 0 radical (unpaired) electrons. The number of likely N-dealkylation sites (N-methyl/N-ethyl adjacent to an activating group) is 2. The van der Waals surface area contributed by atoms with Crippen LogP contribution in [0, 0.1) is 5.92 Å². The molecule has 2 aliphatic rings. The van der Waals surface area contributed by atoms with Gasteiger partial charge in [0.2, 0.25) is 5.91 Å². The molecule has 0 aromatic carbocycles. The van der Waals surface area contributed by atoms with Gasteiger partial charge in [-0.05, 0) is 51.9 Å². The van der Waals surface area contributed by atoms with Crippen LogP contribution in [-0.4, -0.2) is 87.1 Å². The molecule has 0 bridgehead atoms. The Hall–Kier alpha value is -0.650. The van der Waals surface area contributed by atoms with E-state index in [1.807, 2.05) is 27.7 Å². The van der Waals surface area contributed by atoms with Crippen LogP contribution in [0.1, 0.15) is 47.0 Å². The van der Waals surface area contributed by atoms with Crippen LogP contribution in [0.5, 0.6) is 0 Å². The van der Waals surface area contributed by atoms with Crippen molar-refractivity contribution in [1.29, 1.82) is 0 Å². The molecule has 2 fully saturated rings. The molecule has 144 valence electrons. The second-order valence-electron chi connectivity index (χ2n) is 6.33. The fraction of sp³-hybridized carbons (Fsp3) is 0.947. The van der Waals surface area contributed by atoms with Gasteiger partial charge in [-0.3, -0.25) is 9.69 Å². The van der Waals surface area contributed by atoms with Gasteiger partial charge in [0.25, 0.3) is 0 Å². The number of likely N-dealkylation sites (tertiary alicyclic amines) is 1. The van der Waals surface area contributed by atoms with Crippen LogP contribution in [0.2, 0.25) is 0 Å². The number of hydrogen-bond donors (Lipinski definition) is 1. The average molecular weight is 343 g/mol. The zero-order chi connectivity index (χ0) is 18.4. The lowest BCUT2D eigenvalue weighted by atomic mass is 9.93. The molecule has 2 aliphatic heterocycles. The number of piperidine rings is 1. The standard InChI is InChI=1S/C15H30N4O.2C2H6/c1-16-15(20)13-19-7-4-14(5-8-19)3-6-18-11-9-17(2)10-12-18;2*1-2/h14H,3-13H2,1-2H3,(H,16,20);2*1-2H3. The van der Waals surface area contributed by atoms with Crippen LogP contribution < -0.4 is 5.32 Å². The van der Waals surface area contributed by atoms with Crippen molar-refractivity contribution < 1.29 is 4.79 Å². The molecule has 0 unspecified atom stereocenters. The lowest BCUT2D eigenvalue weighted by Crippen LogP contribution is -2.45. The Labute approximate surface area is 150 Å². The maximum absolute atomic E-state index is 11.4. The van der Waals surface area contributed by atoms with E-state index in [4.69, 9.17) is 0 Å². The molecule has 1 amide bonds. The Kier molecular flexibility index (Phi) is 14.3. The number of amides is 1. The van der Waals surface area contributed by atoms with Crippen molar-refractivity contribution in [2.75, 3.05) is 66.5 Å². The number of carbonyl (C=O) groups is 1. The largest absolute Gasteiger partial charge is 0.358 e. The highest BCUT2D eigenvalue weighted by molar-refractivity contribution is 5.77. The minimum absolute atomic E-state index is 0.140. The normalized spacial score (nSPS) is 20.4. The zero-order valence-corrected chi connectivity index (χ0v) is 17.1. The Morgan fingerprint density at radius 1 is 0.917 bits per heavy atom. The molecule has 5 nitrogen and oxygen atoms in total. The first kappa shape index (κ1) is 23.4. The quantitative estimate of drug-likeness (QED) is 0.831. The van der Waals surface area contributed by atoms with Gasteiger partial charge < -0.3 is 15.1 Å². The maximum atomic E-state index is 11.4. The summed E-state index contributed by atoms with van der Waals surface area (Å²) in [6.45, 7) is 16.9. The monoisotopic (exact) mass is 342 g/mol. The molecule has 0 spiro atoms. The van der Waals surface area contributed by atoms with Crippen molar-refractivity contribution in [3.8, 4) is 0 Å². The molecule has 2 rings (SSSR count). The first-order valence-electron chi connectivity index (χ1n) is 10.0. The molecule has 1 N–H and O–H groups in total. The molecule has 0 aromatic rings. The highest BCUT2D eigenvalue weighted by atomic mass is 16.1. The molecule has 0 saturated carbocycles. The second kappa shape index (κ2) is 14.7. The molecule has 5 heteroatoms. The van der Waals surface area contributed by atoms with Gasteiger partial charge in [0, 0.05) is 33.2 Å². The van der Waals surface area contributed by atoms with Gasteiger partial charge in [-0.1, -0.05) is 27.7 Å². The summed E-state index contributed by atoms with van der Waals surface area (Å²) in [4.78, 5) is 18.7. The summed E-state index contributed by atoms with van der Waals surface area (Å²) in [5.41, 5.74) is 0. The van der Waals surface area contributed by atoms with Gasteiger partial charge >= 0.3 is 0 Å². The molecule has 0 aromatic heterocycles. The summed E-state index contributed by atoms with van der Waals surface area (Å²) in [5.74, 6) is 0.997. The lowest BCUT2D eigenvalue weighted by molar-refractivity contribution is -0.122. The van der Waals surface area contributed by atoms with E-state index in [0.717, 1.165) is 19.0 Å². The van der Waals surface area contributed by atoms with E-state index in [9.17, 15) is 4.79 Å². The van der Waals surface area contributed by atoms with Crippen LogP contribution in [0.4, 0.5) is 0 Å². The van der Waals surface area contributed by atoms with Crippen LogP contribution >= 0.6 is 0 Å². The summed E-state index contributed by atoms with van der Waals surface area (Å²) in [5, 5.41) is 2.70. The molecule has 2 saturated heterocycles. The zero-order valence-electron chi connectivity index (χ0n) is 17.1. The first-order valence-corrected chi connectivity index (χ1v) is 10.0. The van der Waals surface area contributed by atoms with E-state index >= 15 is 0 Å². The minimum atomic E-state index is 0.140. The number of nitrogens with zero attached hydrogens (tertiary/aromatic N) is 3. The van der Waals surface area contributed by atoms with E-state index < -0.39 is 0 Å². The van der Waals surface area contributed by atoms with E-state index in [1.54, 1.807) is 7.05 Å². The predicted octanol–water partition coefficient (Wildman–Crippen LogP) is 2.13. The third-order valence-corrected chi connectivity index (χ3v) is 4.80. The number of piperazine rings is 1. The van der Waals surface area contributed by atoms with Crippen molar-refractivity contribution in [2.24, 2.45) is 5.92 Å². The lowest BCUT2D eigenvalue weighted by Gasteiger charge is -2.35. The summed E-state index contributed by atoms with van der Waals surface area (Å²) < 4.78 is 0. The van der Waals surface area contributed by atoms with Gasteiger partial charge in [0.1, 0.15) is 0 Å². The van der Waals surface area contributed by atoms with Gasteiger partial charge in [0.05, 0.1) is 6.54 Å². The molecule has 0 aliphatic carbocycles. The van der Waals surface area contributed by atoms with Crippen LogP contribution in [0.15, 0.2) is 0 Å². The molecule has 0 atom stereocenters. The van der Waals surface area contributed by atoms with Crippen molar-refractivity contribution in [2.45, 2.75) is 47.0 Å². The average Bonchev–Trinajstić information content (AvgIpc) is 2.65. The van der Waals surface area contributed by atoms with Crippen molar-refractivity contribution >= 4 is 5.91 Å². The van der Waals surface area contributed by atoms with Crippen LogP contribution in [0.3, 0.4) is 0 Å². The highest BCUT2D eigenvalue weighted by Crippen LogP contribution is 2.20. The Morgan fingerprint density at radius 3 is 1.96 bits per heavy atom. The Bertz CT molecular complexity index is 296. The SMILES string of the molecule is CC.CC.CNC(=O)CN1CCC(CCN2CCN(C)CC2)CC1. The summed E-state index contributed by atoms with van der Waals surface area (Å²) in [7, 11) is 3.92. The predicted molar refractivity (Wildman–Crippen MR) is 104 cm³/mol. The topological polar surface area (TPSA) is 38.8 Å². The van der Waals surface area contributed by atoms with E-state index in [1.165, 1.54) is 52.0 Å². The first-order chi connectivity index (χ1) is 11.7. The third-order valence-electron chi connectivity index (χ3n) is 4.80. The van der Waals surface area contributed by atoms with Gasteiger partial charge in [-0.15, -0.1) is 0 Å². The fourth-order valence-electron chi connectivity index (χ4n) is 3.15. The molecular weight excluding hydrogens is 300 g/mol. The van der Waals surface area contributed by atoms with Gasteiger partial charge in [-0.25, -0.2) is 0 Å². The number of carbonyl (C=O) groups excluding carboxylic acids is 1. The summed E-state index contributed by atoms with van der Waals surface area (Å²) in [6, 6.07) is 0. The smallest absolute Gasteiger partial charge is 0.233 e. The summed E-state index contributed by atoms with van der Waals surface area (Å²) >= 11 is 0. The van der Waals surface area contributed by atoms with E-state index in [-0.39, 0.29) is 5.91 Å².